The van der Waals surface area contributed by atoms with E-state index in [1.54, 1.807) is 49.4 Å². The van der Waals surface area contributed by atoms with Crippen LogP contribution >= 0.6 is 11.6 Å². The van der Waals surface area contributed by atoms with Gasteiger partial charge in [-0.2, -0.15) is 0 Å². The lowest BCUT2D eigenvalue weighted by molar-refractivity contribution is -0.385. The number of hydrogen-bond donors (Lipinski definition) is 1. The van der Waals surface area contributed by atoms with Crippen molar-refractivity contribution in [1.82, 2.24) is 10.2 Å². The Bertz CT molecular complexity index is 886. The topological polar surface area (TPSA) is 92.6 Å². The molecule has 0 heterocycles. The second-order valence-electron chi connectivity index (χ2n) is 7.03. The van der Waals surface area contributed by atoms with E-state index in [1.807, 2.05) is 6.92 Å². The predicted molar refractivity (Wildman–Crippen MR) is 116 cm³/mol. The van der Waals surface area contributed by atoms with Crippen molar-refractivity contribution >= 4 is 29.1 Å². The molecule has 0 aliphatic heterocycles. The van der Waals surface area contributed by atoms with E-state index in [2.05, 4.69) is 5.32 Å². The molecule has 0 aliphatic rings. The van der Waals surface area contributed by atoms with Crippen molar-refractivity contribution in [2.24, 2.45) is 0 Å². The fourth-order valence-electron chi connectivity index (χ4n) is 3.01. The van der Waals surface area contributed by atoms with E-state index in [1.165, 1.54) is 11.0 Å². The van der Waals surface area contributed by atoms with Gasteiger partial charge in [0.05, 0.1) is 11.3 Å². The first-order valence-corrected chi connectivity index (χ1v) is 10.2. The summed E-state index contributed by atoms with van der Waals surface area (Å²) in [4.78, 5) is 38.0. The summed E-state index contributed by atoms with van der Waals surface area (Å²) in [5, 5.41) is 14.7. The Hall–Kier alpha value is -2.93. The quantitative estimate of drug-likeness (QED) is 0.348. The van der Waals surface area contributed by atoms with Crippen LogP contribution < -0.4 is 5.32 Å². The SMILES string of the molecule is CCCCNC(=O)[C@H](C)N(Cc1ccc(Cl)cc1)C(=O)Cc1ccccc1[N+](=O)[O-]. The Kier molecular flexibility index (Phi) is 8.80. The van der Waals surface area contributed by atoms with Crippen molar-refractivity contribution in [2.45, 2.75) is 45.7 Å². The summed E-state index contributed by atoms with van der Waals surface area (Å²) in [5.41, 5.74) is 1.01. The van der Waals surface area contributed by atoms with Gasteiger partial charge in [-0.05, 0) is 31.0 Å². The van der Waals surface area contributed by atoms with Crippen molar-refractivity contribution in [2.75, 3.05) is 6.54 Å². The van der Waals surface area contributed by atoms with Crippen molar-refractivity contribution in [1.29, 1.82) is 0 Å². The van der Waals surface area contributed by atoms with Gasteiger partial charge in [-0.15, -0.1) is 0 Å². The molecule has 2 aromatic carbocycles. The van der Waals surface area contributed by atoms with Crippen LogP contribution in [0.4, 0.5) is 5.69 Å². The third kappa shape index (κ3) is 6.56. The number of hydrogen-bond acceptors (Lipinski definition) is 4. The van der Waals surface area contributed by atoms with Gasteiger partial charge in [0.2, 0.25) is 11.8 Å². The molecular weight excluding hydrogens is 406 g/mol. The molecule has 0 saturated carbocycles. The van der Waals surface area contributed by atoms with E-state index < -0.39 is 11.0 Å². The average Bonchev–Trinajstić information content (AvgIpc) is 2.73. The molecule has 2 aromatic rings. The van der Waals surface area contributed by atoms with Gasteiger partial charge in [-0.1, -0.05) is 55.3 Å². The third-order valence-corrected chi connectivity index (χ3v) is 5.05. The van der Waals surface area contributed by atoms with Gasteiger partial charge in [-0.3, -0.25) is 19.7 Å². The van der Waals surface area contributed by atoms with Crippen molar-refractivity contribution in [3.05, 3.63) is 74.8 Å². The molecule has 0 aliphatic carbocycles. The molecule has 0 unspecified atom stereocenters. The number of nitro benzene ring substituents is 1. The van der Waals surface area contributed by atoms with Crippen LogP contribution in [0.5, 0.6) is 0 Å². The first kappa shape index (κ1) is 23.3. The van der Waals surface area contributed by atoms with Crippen LogP contribution in [0, 0.1) is 10.1 Å². The zero-order valence-corrected chi connectivity index (χ0v) is 17.9. The Balaban J connectivity index is 2.25. The molecule has 160 valence electrons. The molecule has 7 nitrogen and oxygen atoms in total. The average molecular weight is 432 g/mol. The van der Waals surface area contributed by atoms with Crippen LogP contribution in [0.3, 0.4) is 0 Å². The lowest BCUT2D eigenvalue weighted by atomic mass is 10.1. The van der Waals surface area contributed by atoms with E-state index in [-0.39, 0.29) is 30.5 Å². The van der Waals surface area contributed by atoms with E-state index in [0.717, 1.165) is 18.4 Å². The molecule has 2 amide bonds. The maximum atomic E-state index is 13.1. The number of para-hydroxylation sites is 1. The highest BCUT2D eigenvalue weighted by molar-refractivity contribution is 6.30. The maximum Gasteiger partial charge on any atom is 0.273 e. The number of carbonyl (C=O) groups is 2. The Morgan fingerprint density at radius 3 is 2.47 bits per heavy atom. The molecule has 0 radical (unpaired) electrons. The molecule has 0 saturated heterocycles. The molecule has 1 N–H and O–H groups in total. The molecule has 0 aromatic heterocycles. The largest absolute Gasteiger partial charge is 0.354 e. The minimum absolute atomic E-state index is 0.114. The standard InChI is InChI=1S/C22H26ClN3O4/c1-3-4-13-24-22(28)16(2)25(15-17-9-11-19(23)12-10-17)21(27)14-18-7-5-6-8-20(18)26(29)30/h5-12,16H,3-4,13-15H2,1-2H3,(H,24,28)/t16-/m0/s1. The van der Waals surface area contributed by atoms with Gasteiger partial charge in [0.25, 0.3) is 5.69 Å². The summed E-state index contributed by atoms with van der Waals surface area (Å²) in [7, 11) is 0. The summed E-state index contributed by atoms with van der Waals surface area (Å²) in [6.07, 6.45) is 1.62. The highest BCUT2D eigenvalue weighted by Gasteiger charge is 2.27. The highest BCUT2D eigenvalue weighted by Crippen LogP contribution is 2.21. The Morgan fingerprint density at radius 2 is 1.83 bits per heavy atom. The maximum absolute atomic E-state index is 13.1. The van der Waals surface area contributed by atoms with Crippen LogP contribution in [0.25, 0.3) is 0 Å². The number of rotatable bonds is 10. The van der Waals surface area contributed by atoms with Gasteiger partial charge >= 0.3 is 0 Å². The summed E-state index contributed by atoms with van der Waals surface area (Å²) >= 11 is 5.94. The zero-order valence-electron chi connectivity index (χ0n) is 17.1. The molecule has 2 rings (SSSR count). The van der Waals surface area contributed by atoms with E-state index in [9.17, 15) is 19.7 Å². The summed E-state index contributed by atoms with van der Waals surface area (Å²) in [6.45, 7) is 4.42. The second kappa shape index (κ2) is 11.3. The second-order valence-corrected chi connectivity index (χ2v) is 7.47. The number of nitrogens with zero attached hydrogens (tertiary/aromatic N) is 2. The van der Waals surface area contributed by atoms with Crippen LogP contribution in [0.1, 0.15) is 37.8 Å². The lowest BCUT2D eigenvalue weighted by Gasteiger charge is -2.29. The van der Waals surface area contributed by atoms with E-state index in [4.69, 9.17) is 11.6 Å². The van der Waals surface area contributed by atoms with Crippen LogP contribution in [0.15, 0.2) is 48.5 Å². The van der Waals surface area contributed by atoms with Crippen molar-refractivity contribution < 1.29 is 14.5 Å². The number of amides is 2. The summed E-state index contributed by atoms with van der Waals surface area (Å²) < 4.78 is 0. The minimum atomic E-state index is -0.729. The number of carbonyl (C=O) groups excluding carboxylic acids is 2. The summed E-state index contributed by atoms with van der Waals surface area (Å²) in [5.74, 6) is -0.620. The Labute approximate surface area is 181 Å². The van der Waals surface area contributed by atoms with E-state index >= 15 is 0 Å². The Morgan fingerprint density at radius 1 is 1.17 bits per heavy atom. The first-order chi connectivity index (χ1) is 14.3. The molecule has 0 spiro atoms. The van der Waals surface area contributed by atoms with Crippen LogP contribution in [-0.4, -0.2) is 34.2 Å². The fourth-order valence-corrected chi connectivity index (χ4v) is 3.13. The molecule has 1 atom stereocenters. The van der Waals surface area contributed by atoms with Gasteiger partial charge in [0.15, 0.2) is 0 Å². The fraction of sp³-hybridized carbons (Fsp3) is 0.364. The third-order valence-electron chi connectivity index (χ3n) is 4.79. The number of halogens is 1. The molecule has 0 fully saturated rings. The van der Waals surface area contributed by atoms with Crippen molar-refractivity contribution in [3.8, 4) is 0 Å². The van der Waals surface area contributed by atoms with Crippen LogP contribution in [0.2, 0.25) is 5.02 Å². The number of nitro groups is 1. The number of nitrogens with one attached hydrogen (secondary N) is 1. The summed E-state index contributed by atoms with van der Waals surface area (Å²) in [6, 6.07) is 12.4. The first-order valence-electron chi connectivity index (χ1n) is 9.87. The highest BCUT2D eigenvalue weighted by atomic mass is 35.5. The normalized spacial score (nSPS) is 11.6. The van der Waals surface area contributed by atoms with Gasteiger partial charge in [0, 0.05) is 29.7 Å². The predicted octanol–water partition coefficient (Wildman–Crippen LogP) is 4.12. The smallest absolute Gasteiger partial charge is 0.273 e. The van der Waals surface area contributed by atoms with Crippen molar-refractivity contribution in [3.63, 3.8) is 0 Å². The zero-order chi connectivity index (χ0) is 22.1. The minimum Gasteiger partial charge on any atom is -0.354 e. The van der Waals surface area contributed by atoms with Gasteiger partial charge in [-0.25, -0.2) is 0 Å². The number of benzene rings is 2. The number of unbranched alkanes of at least 4 members (excludes halogenated alkanes) is 1. The lowest BCUT2D eigenvalue weighted by Crippen LogP contribution is -2.48. The molecule has 8 heteroatoms. The van der Waals surface area contributed by atoms with Crippen LogP contribution in [-0.2, 0) is 22.6 Å². The van der Waals surface area contributed by atoms with E-state index in [0.29, 0.717) is 17.1 Å². The van der Waals surface area contributed by atoms with Gasteiger partial charge in [0.1, 0.15) is 6.04 Å². The molecule has 0 bridgehead atoms. The monoisotopic (exact) mass is 431 g/mol. The molecular formula is C22H26ClN3O4. The van der Waals surface area contributed by atoms with Gasteiger partial charge < -0.3 is 10.2 Å². The molecule has 30 heavy (non-hydrogen) atoms.